The Bertz CT molecular complexity index is 1010. The van der Waals surface area contributed by atoms with Gasteiger partial charge in [-0.15, -0.1) is 0 Å². The van der Waals surface area contributed by atoms with Gasteiger partial charge in [0.1, 0.15) is 11.6 Å². The van der Waals surface area contributed by atoms with Gasteiger partial charge in [-0.3, -0.25) is 19.7 Å². The fourth-order valence-corrected chi connectivity index (χ4v) is 2.45. The van der Waals surface area contributed by atoms with E-state index >= 15 is 0 Å². The van der Waals surface area contributed by atoms with Crippen molar-refractivity contribution in [1.82, 2.24) is 5.32 Å². The lowest BCUT2D eigenvalue weighted by Gasteiger charge is -2.10. The molecule has 0 fully saturated rings. The fraction of sp³-hybridized carbons (Fsp3) is 0.167. The molecule has 0 aliphatic carbocycles. The molecule has 1 amide bonds. The molecular weight excluding hydrogens is 433 g/mol. The van der Waals surface area contributed by atoms with Gasteiger partial charge in [-0.25, -0.2) is 4.79 Å². The highest BCUT2D eigenvalue weighted by molar-refractivity contribution is 6.33. The maximum Gasteiger partial charge on any atom is 0.405 e. The van der Waals surface area contributed by atoms with Gasteiger partial charge in [0, 0.05) is 17.2 Å². The molecule has 0 unspecified atom stereocenters. The number of carbonyl (C=O) groups excluding carboxylic acids is 3. The topological polar surface area (TPSA) is 116 Å². The molecule has 0 aromatic heterocycles. The summed E-state index contributed by atoms with van der Waals surface area (Å²) in [6.07, 6.45) is -4.63. The molecule has 12 heteroatoms. The number of alkyl halides is 3. The highest BCUT2D eigenvalue weighted by Crippen LogP contribution is 2.27. The number of halogens is 4. The quantitative estimate of drug-likeness (QED) is 0.303. The lowest BCUT2D eigenvalue weighted by Crippen LogP contribution is -2.36. The molecule has 2 aromatic carbocycles. The van der Waals surface area contributed by atoms with Gasteiger partial charge < -0.3 is 10.1 Å². The lowest BCUT2D eigenvalue weighted by atomic mass is 9.98. The van der Waals surface area contributed by atoms with Gasteiger partial charge in [-0.1, -0.05) is 29.8 Å². The van der Waals surface area contributed by atoms with E-state index in [1.165, 1.54) is 35.6 Å². The Labute approximate surface area is 171 Å². The predicted octanol–water partition coefficient (Wildman–Crippen LogP) is 3.31. The number of rotatable bonds is 7. The Balaban J connectivity index is 2.18. The fourth-order valence-electron chi connectivity index (χ4n) is 2.27. The van der Waals surface area contributed by atoms with Crippen LogP contribution in [-0.2, 0) is 9.53 Å². The van der Waals surface area contributed by atoms with Crippen molar-refractivity contribution >= 4 is 34.9 Å². The van der Waals surface area contributed by atoms with Crippen molar-refractivity contribution in [1.29, 1.82) is 0 Å². The Kier molecular flexibility index (Phi) is 7.11. The number of nitrogens with zero attached hydrogens (tertiary/aromatic N) is 1. The first-order chi connectivity index (χ1) is 14.0. The summed E-state index contributed by atoms with van der Waals surface area (Å²) in [5.74, 6) is -3.08. The zero-order valence-electron chi connectivity index (χ0n) is 14.9. The Morgan fingerprint density at radius 1 is 1.10 bits per heavy atom. The number of ketones is 1. The molecule has 0 spiro atoms. The second-order valence-corrected chi connectivity index (χ2v) is 6.17. The molecule has 0 saturated carbocycles. The largest absolute Gasteiger partial charge is 0.452 e. The van der Waals surface area contributed by atoms with Crippen LogP contribution in [0.3, 0.4) is 0 Å². The Morgan fingerprint density at radius 3 is 2.33 bits per heavy atom. The SMILES string of the molecule is O=C(COC(=O)c1ccccc1C(=O)c1ccc(Cl)c([N+](=O)[O-])c1)NCC(F)(F)F. The molecule has 158 valence electrons. The number of hydrogen-bond donors (Lipinski definition) is 1. The van der Waals surface area contributed by atoms with E-state index in [1.54, 1.807) is 0 Å². The minimum Gasteiger partial charge on any atom is -0.452 e. The van der Waals surface area contributed by atoms with Gasteiger partial charge in [0.05, 0.1) is 10.5 Å². The van der Waals surface area contributed by atoms with Crippen molar-refractivity contribution < 1.29 is 37.2 Å². The molecule has 2 aromatic rings. The van der Waals surface area contributed by atoms with Crippen molar-refractivity contribution in [2.24, 2.45) is 0 Å². The zero-order valence-corrected chi connectivity index (χ0v) is 15.6. The van der Waals surface area contributed by atoms with E-state index in [9.17, 15) is 37.7 Å². The van der Waals surface area contributed by atoms with E-state index in [1.807, 2.05) is 0 Å². The van der Waals surface area contributed by atoms with Crippen LogP contribution >= 0.6 is 11.6 Å². The summed E-state index contributed by atoms with van der Waals surface area (Å²) in [4.78, 5) is 46.5. The molecular formula is C18H12ClF3N2O6. The number of nitro benzene ring substituents is 1. The molecule has 2 rings (SSSR count). The van der Waals surface area contributed by atoms with Gasteiger partial charge in [0.25, 0.3) is 11.6 Å². The van der Waals surface area contributed by atoms with Crippen molar-refractivity contribution in [2.75, 3.05) is 13.2 Å². The van der Waals surface area contributed by atoms with Crippen LogP contribution in [0, 0.1) is 10.1 Å². The smallest absolute Gasteiger partial charge is 0.405 e. The highest BCUT2D eigenvalue weighted by Gasteiger charge is 2.28. The maximum absolute atomic E-state index is 12.7. The Hall–Kier alpha value is -3.47. The number of nitro groups is 1. The second-order valence-electron chi connectivity index (χ2n) is 5.77. The number of carbonyl (C=O) groups is 3. The number of nitrogens with one attached hydrogen (secondary N) is 1. The molecule has 0 radical (unpaired) electrons. The molecule has 0 atom stereocenters. The van der Waals surface area contributed by atoms with Gasteiger partial charge in [-0.05, 0) is 18.2 Å². The molecule has 0 aliphatic rings. The van der Waals surface area contributed by atoms with Crippen LogP contribution in [0.4, 0.5) is 18.9 Å². The van der Waals surface area contributed by atoms with Gasteiger partial charge in [0.15, 0.2) is 12.4 Å². The van der Waals surface area contributed by atoms with E-state index in [2.05, 4.69) is 4.74 Å². The first-order valence-electron chi connectivity index (χ1n) is 8.08. The second kappa shape index (κ2) is 9.35. The summed E-state index contributed by atoms with van der Waals surface area (Å²) in [6, 6.07) is 8.59. The molecule has 0 saturated heterocycles. The minimum absolute atomic E-state index is 0.130. The first kappa shape index (κ1) is 22.8. The average Bonchev–Trinajstić information content (AvgIpc) is 2.69. The Morgan fingerprint density at radius 2 is 1.73 bits per heavy atom. The van der Waals surface area contributed by atoms with E-state index in [0.29, 0.717) is 0 Å². The number of amides is 1. The summed E-state index contributed by atoms with van der Waals surface area (Å²) in [6.45, 7) is -2.59. The van der Waals surface area contributed by atoms with E-state index < -0.39 is 47.6 Å². The molecule has 1 N–H and O–H groups in total. The van der Waals surface area contributed by atoms with Crippen molar-refractivity contribution in [2.45, 2.75) is 6.18 Å². The molecule has 30 heavy (non-hydrogen) atoms. The number of ether oxygens (including phenoxy) is 1. The third kappa shape index (κ3) is 6.01. The van der Waals surface area contributed by atoms with Crippen LogP contribution in [0.15, 0.2) is 42.5 Å². The van der Waals surface area contributed by atoms with Crippen molar-refractivity contribution in [3.63, 3.8) is 0 Å². The minimum atomic E-state index is -4.63. The zero-order chi connectivity index (χ0) is 22.5. The van der Waals surface area contributed by atoms with E-state index in [0.717, 1.165) is 12.1 Å². The first-order valence-corrected chi connectivity index (χ1v) is 8.45. The van der Waals surface area contributed by atoms with Crippen LogP contribution in [0.25, 0.3) is 0 Å². The van der Waals surface area contributed by atoms with Crippen LogP contribution in [-0.4, -0.2) is 41.9 Å². The van der Waals surface area contributed by atoms with E-state index in [4.69, 9.17) is 11.6 Å². The van der Waals surface area contributed by atoms with Gasteiger partial charge >= 0.3 is 12.1 Å². The molecule has 8 nitrogen and oxygen atoms in total. The van der Waals surface area contributed by atoms with Crippen molar-refractivity contribution in [3.8, 4) is 0 Å². The summed E-state index contributed by atoms with van der Waals surface area (Å²) in [5.41, 5.74) is -1.10. The standard InChI is InChI=1S/C18H12ClF3N2O6/c19-13-6-5-10(7-14(13)24(28)29)16(26)11-3-1-2-4-12(11)17(27)30-8-15(25)23-9-18(20,21)22/h1-7H,8-9H2,(H,23,25). The summed E-state index contributed by atoms with van der Waals surface area (Å²) in [7, 11) is 0. The third-order valence-electron chi connectivity index (χ3n) is 3.62. The predicted molar refractivity (Wildman–Crippen MR) is 97.3 cm³/mol. The highest BCUT2D eigenvalue weighted by atomic mass is 35.5. The van der Waals surface area contributed by atoms with Gasteiger partial charge in [0.2, 0.25) is 0 Å². The third-order valence-corrected chi connectivity index (χ3v) is 3.94. The molecule has 0 bridgehead atoms. The number of esters is 1. The summed E-state index contributed by atoms with van der Waals surface area (Å²) >= 11 is 5.71. The van der Waals surface area contributed by atoms with Crippen LogP contribution < -0.4 is 5.32 Å². The lowest BCUT2D eigenvalue weighted by molar-refractivity contribution is -0.384. The number of benzene rings is 2. The van der Waals surface area contributed by atoms with Crippen LogP contribution in [0.2, 0.25) is 5.02 Å². The van der Waals surface area contributed by atoms with E-state index in [-0.39, 0.29) is 21.7 Å². The molecule has 0 heterocycles. The normalized spacial score (nSPS) is 10.9. The van der Waals surface area contributed by atoms with Crippen LogP contribution in [0.1, 0.15) is 26.3 Å². The van der Waals surface area contributed by atoms with Gasteiger partial charge in [-0.2, -0.15) is 13.2 Å². The summed E-state index contributed by atoms with van der Waals surface area (Å²) in [5, 5.41) is 12.3. The maximum atomic E-state index is 12.7. The van der Waals surface area contributed by atoms with Crippen LogP contribution in [0.5, 0.6) is 0 Å². The number of hydrogen-bond acceptors (Lipinski definition) is 6. The summed E-state index contributed by atoms with van der Waals surface area (Å²) < 4.78 is 40.9. The monoisotopic (exact) mass is 444 g/mol. The average molecular weight is 445 g/mol. The van der Waals surface area contributed by atoms with Crippen molar-refractivity contribution in [3.05, 3.63) is 74.3 Å². The molecule has 0 aliphatic heterocycles.